The van der Waals surface area contributed by atoms with E-state index < -0.39 is 4.92 Å². The second-order valence-corrected chi connectivity index (χ2v) is 8.64. The van der Waals surface area contributed by atoms with Gasteiger partial charge in [-0.05, 0) is 24.4 Å². The van der Waals surface area contributed by atoms with E-state index in [0.29, 0.717) is 11.8 Å². The molecular formula is C15H10N4O3S3. The van der Waals surface area contributed by atoms with Crippen LogP contribution in [0.3, 0.4) is 0 Å². The van der Waals surface area contributed by atoms with Gasteiger partial charge in [-0.3, -0.25) is 10.1 Å². The third-order valence-electron chi connectivity index (χ3n) is 3.36. The van der Waals surface area contributed by atoms with Gasteiger partial charge in [-0.15, -0.1) is 32.9 Å². The van der Waals surface area contributed by atoms with Gasteiger partial charge in [-0.1, -0.05) is 17.8 Å². The lowest BCUT2D eigenvalue weighted by atomic mass is 10.3. The first-order valence-corrected chi connectivity index (χ1v) is 9.76. The number of nitro groups is 1. The van der Waals surface area contributed by atoms with Gasteiger partial charge in [-0.2, -0.15) is 0 Å². The molecular weight excluding hydrogens is 380 g/mol. The predicted octanol–water partition coefficient (Wildman–Crippen LogP) is 5.17. The standard InChI is InChI=1S/C15H10N4O3S3/c1-8(13-17-18-14(22-13)11-3-2-6-23-11)24-15-16-10-5-4-9(19(20)21)7-12(10)25-15/h2-8H,1H3/t8-/m0/s1. The fourth-order valence-electron chi connectivity index (χ4n) is 2.16. The molecule has 0 aliphatic carbocycles. The van der Waals surface area contributed by atoms with Gasteiger partial charge in [0.05, 0.1) is 25.3 Å². The Morgan fingerprint density at radius 1 is 1.32 bits per heavy atom. The Balaban J connectivity index is 1.55. The van der Waals surface area contributed by atoms with Gasteiger partial charge >= 0.3 is 0 Å². The van der Waals surface area contributed by atoms with Crippen LogP contribution in [0.2, 0.25) is 0 Å². The van der Waals surface area contributed by atoms with Crippen molar-refractivity contribution >= 4 is 50.3 Å². The first-order valence-electron chi connectivity index (χ1n) is 7.19. The Kier molecular flexibility index (Phi) is 4.24. The van der Waals surface area contributed by atoms with E-state index in [9.17, 15) is 10.1 Å². The summed E-state index contributed by atoms with van der Waals surface area (Å²) in [6.45, 7) is 1.96. The van der Waals surface area contributed by atoms with Gasteiger partial charge in [0, 0.05) is 12.1 Å². The molecule has 7 nitrogen and oxygen atoms in total. The van der Waals surface area contributed by atoms with Crippen molar-refractivity contribution < 1.29 is 9.34 Å². The SMILES string of the molecule is C[C@H](Sc1nc2ccc([N+](=O)[O-])cc2s1)c1nnc(-c2cccs2)o1. The van der Waals surface area contributed by atoms with Crippen LogP contribution in [0.15, 0.2) is 44.5 Å². The second-order valence-electron chi connectivity index (χ2n) is 5.07. The van der Waals surface area contributed by atoms with E-state index in [-0.39, 0.29) is 10.9 Å². The summed E-state index contributed by atoms with van der Waals surface area (Å²) in [5.41, 5.74) is 0.813. The Morgan fingerprint density at radius 2 is 2.20 bits per heavy atom. The van der Waals surface area contributed by atoms with Crippen LogP contribution in [0.4, 0.5) is 5.69 Å². The minimum atomic E-state index is -0.404. The number of nitro benzene ring substituents is 1. The van der Waals surface area contributed by atoms with Gasteiger partial charge in [0.1, 0.15) is 0 Å². The van der Waals surface area contributed by atoms with Gasteiger partial charge in [0.2, 0.25) is 5.89 Å². The van der Waals surface area contributed by atoms with Crippen LogP contribution in [0.25, 0.3) is 21.0 Å². The van der Waals surface area contributed by atoms with Gasteiger partial charge in [0.15, 0.2) is 4.34 Å². The summed E-state index contributed by atoms with van der Waals surface area (Å²) in [4.78, 5) is 15.9. The van der Waals surface area contributed by atoms with Crippen molar-refractivity contribution in [2.75, 3.05) is 0 Å². The molecule has 126 valence electrons. The molecule has 4 rings (SSSR count). The third-order valence-corrected chi connectivity index (χ3v) is 6.42. The minimum Gasteiger partial charge on any atom is -0.419 e. The number of thioether (sulfide) groups is 1. The maximum Gasteiger partial charge on any atom is 0.270 e. The first-order chi connectivity index (χ1) is 12.1. The molecule has 1 atom stereocenters. The van der Waals surface area contributed by atoms with E-state index in [1.807, 2.05) is 24.4 Å². The lowest BCUT2D eigenvalue weighted by Crippen LogP contribution is -1.88. The molecule has 0 radical (unpaired) electrons. The Bertz CT molecular complexity index is 1040. The van der Waals surface area contributed by atoms with E-state index in [1.165, 1.54) is 29.2 Å². The summed E-state index contributed by atoms with van der Waals surface area (Å²) in [5, 5.41) is 21.0. The van der Waals surface area contributed by atoms with Crippen molar-refractivity contribution in [3.63, 3.8) is 0 Å². The molecule has 0 N–H and O–H groups in total. The van der Waals surface area contributed by atoms with Gasteiger partial charge < -0.3 is 4.42 Å². The number of rotatable bonds is 5. The minimum absolute atomic E-state index is 0.0678. The van der Waals surface area contributed by atoms with Crippen LogP contribution < -0.4 is 0 Å². The summed E-state index contributed by atoms with van der Waals surface area (Å²) >= 11 is 4.45. The number of nitrogens with zero attached hydrogens (tertiary/aromatic N) is 4. The molecule has 0 unspecified atom stereocenters. The molecule has 0 aliphatic rings. The lowest BCUT2D eigenvalue weighted by molar-refractivity contribution is -0.384. The summed E-state index contributed by atoms with van der Waals surface area (Å²) in [7, 11) is 0. The lowest BCUT2D eigenvalue weighted by Gasteiger charge is -2.02. The maximum absolute atomic E-state index is 10.9. The fourth-order valence-corrected chi connectivity index (χ4v) is 5.08. The highest BCUT2D eigenvalue weighted by Crippen LogP contribution is 2.39. The molecule has 1 aromatic carbocycles. The van der Waals surface area contributed by atoms with Crippen LogP contribution in [-0.4, -0.2) is 20.1 Å². The smallest absolute Gasteiger partial charge is 0.270 e. The molecule has 4 aromatic rings. The quantitative estimate of drug-likeness (QED) is 0.263. The van der Waals surface area contributed by atoms with E-state index in [4.69, 9.17) is 4.42 Å². The Labute approximate surface area is 153 Å². The summed E-state index contributed by atoms with van der Waals surface area (Å²) in [5.74, 6) is 1.04. The number of benzene rings is 1. The number of hydrogen-bond donors (Lipinski definition) is 0. The van der Waals surface area contributed by atoms with Crippen LogP contribution >= 0.6 is 34.4 Å². The van der Waals surface area contributed by atoms with Crippen molar-refractivity contribution in [1.82, 2.24) is 15.2 Å². The number of aromatic nitrogens is 3. The van der Waals surface area contributed by atoms with Crippen molar-refractivity contribution in [3.8, 4) is 10.8 Å². The normalized spacial score (nSPS) is 12.5. The highest BCUT2D eigenvalue weighted by Gasteiger charge is 2.19. The van der Waals surface area contributed by atoms with Gasteiger partial charge in [0.25, 0.3) is 11.6 Å². The predicted molar refractivity (Wildman–Crippen MR) is 98.2 cm³/mol. The van der Waals surface area contributed by atoms with Crippen LogP contribution in [0, 0.1) is 10.1 Å². The number of thiophene rings is 1. The highest BCUT2D eigenvalue weighted by atomic mass is 32.2. The van der Waals surface area contributed by atoms with Crippen molar-refractivity contribution in [1.29, 1.82) is 0 Å². The van der Waals surface area contributed by atoms with Crippen LogP contribution in [-0.2, 0) is 0 Å². The van der Waals surface area contributed by atoms with Crippen molar-refractivity contribution in [2.24, 2.45) is 0 Å². The summed E-state index contributed by atoms with van der Waals surface area (Å²) < 4.78 is 7.33. The average molecular weight is 390 g/mol. The molecule has 25 heavy (non-hydrogen) atoms. The topological polar surface area (TPSA) is 95.0 Å². The first kappa shape index (κ1) is 16.2. The Morgan fingerprint density at radius 3 is 2.96 bits per heavy atom. The molecule has 0 amide bonds. The number of hydrogen-bond acceptors (Lipinski definition) is 9. The Hall–Kier alpha value is -2.30. The van der Waals surface area contributed by atoms with E-state index in [2.05, 4.69) is 15.2 Å². The number of thiazole rings is 1. The number of non-ortho nitro benzene ring substituents is 1. The summed E-state index contributed by atoms with van der Waals surface area (Å²) in [6, 6.07) is 8.54. The zero-order chi connectivity index (χ0) is 17.4. The monoisotopic (exact) mass is 390 g/mol. The van der Waals surface area contributed by atoms with Crippen LogP contribution in [0.1, 0.15) is 18.1 Å². The number of fused-ring (bicyclic) bond motifs is 1. The molecule has 3 heterocycles. The van der Waals surface area contributed by atoms with Crippen molar-refractivity contribution in [3.05, 3.63) is 51.7 Å². The molecule has 10 heteroatoms. The molecule has 3 aromatic heterocycles. The second kappa shape index (κ2) is 6.54. The summed E-state index contributed by atoms with van der Waals surface area (Å²) in [6.07, 6.45) is 0. The van der Waals surface area contributed by atoms with Crippen LogP contribution in [0.5, 0.6) is 0 Å². The largest absolute Gasteiger partial charge is 0.419 e. The molecule has 0 saturated carbocycles. The molecule has 0 fully saturated rings. The molecule has 0 saturated heterocycles. The molecule has 0 spiro atoms. The zero-order valence-electron chi connectivity index (χ0n) is 12.8. The van der Waals surface area contributed by atoms with Crippen molar-refractivity contribution in [2.45, 2.75) is 16.5 Å². The van der Waals surface area contributed by atoms with E-state index in [1.54, 1.807) is 23.5 Å². The van der Waals surface area contributed by atoms with E-state index >= 15 is 0 Å². The fraction of sp³-hybridized carbons (Fsp3) is 0.133. The van der Waals surface area contributed by atoms with E-state index in [0.717, 1.165) is 19.4 Å². The highest BCUT2D eigenvalue weighted by molar-refractivity contribution is 8.01. The molecule has 0 aliphatic heterocycles. The average Bonchev–Trinajstić information content (AvgIpc) is 3.32. The third kappa shape index (κ3) is 3.28. The molecule has 0 bridgehead atoms. The maximum atomic E-state index is 10.9. The zero-order valence-corrected chi connectivity index (χ0v) is 15.2. The van der Waals surface area contributed by atoms with Gasteiger partial charge in [-0.25, -0.2) is 4.98 Å².